The molecule has 18 heavy (non-hydrogen) atoms. The standard InChI is InChI=1S/C11H20N6O/c1-3-4-5-17(7-9(12)18)11-6-10(16-13)14-8(2)15-11/h6H,3-5,7,13H2,1-2H3,(H2,12,18)(H,14,15,16). The van der Waals surface area contributed by atoms with Crippen molar-refractivity contribution in [2.75, 3.05) is 23.4 Å². The summed E-state index contributed by atoms with van der Waals surface area (Å²) in [4.78, 5) is 21.3. The number of nitrogens with one attached hydrogen (secondary N) is 1. The lowest BCUT2D eigenvalue weighted by molar-refractivity contribution is -0.116. The largest absolute Gasteiger partial charge is 0.368 e. The molecule has 0 saturated carbocycles. The van der Waals surface area contributed by atoms with Gasteiger partial charge in [-0.05, 0) is 13.3 Å². The topological polar surface area (TPSA) is 110 Å². The highest BCUT2D eigenvalue weighted by molar-refractivity contribution is 5.79. The number of hydrogen-bond donors (Lipinski definition) is 3. The first-order valence-electron chi connectivity index (χ1n) is 5.92. The molecule has 100 valence electrons. The van der Waals surface area contributed by atoms with E-state index in [4.69, 9.17) is 11.6 Å². The molecule has 0 aliphatic carbocycles. The van der Waals surface area contributed by atoms with E-state index in [0.29, 0.717) is 17.5 Å². The zero-order valence-electron chi connectivity index (χ0n) is 10.8. The van der Waals surface area contributed by atoms with Gasteiger partial charge in [0, 0.05) is 12.6 Å². The number of unbranched alkanes of at least 4 members (excludes halogenated alkanes) is 1. The molecule has 1 amide bonds. The number of nitrogen functional groups attached to an aromatic ring is 1. The molecular formula is C11H20N6O. The number of hydrazine groups is 1. The second-order valence-electron chi connectivity index (χ2n) is 4.04. The van der Waals surface area contributed by atoms with Crippen LogP contribution in [0.4, 0.5) is 11.6 Å². The van der Waals surface area contributed by atoms with Crippen LogP contribution in [0.3, 0.4) is 0 Å². The van der Waals surface area contributed by atoms with Gasteiger partial charge < -0.3 is 16.1 Å². The second-order valence-corrected chi connectivity index (χ2v) is 4.04. The Morgan fingerprint density at radius 3 is 2.78 bits per heavy atom. The predicted molar refractivity (Wildman–Crippen MR) is 70.9 cm³/mol. The molecule has 1 rings (SSSR count). The third-order valence-corrected chi connectivity index (χ3v) is 2.42. The summed E-state index contributed by atoms with van der Waals surface area (Å²) >= 11 is 0. The van der Waals surface area contributed by atoms with Crippen molar-refractivity contribution in [2.24, 2.45) is 11.6 Å². The number of primary amides is 1. The first-order chi connectivity index (χ1) is 8.56. The average molecular weight is 252 g/mol. The van der Waals surface area contributed by atoms with Gasteiger partial charge in [-0.15, -0.1) is 0 Å². The Hall–Kier alpha value is -1.89. The van der Waals surface area contributed by atoms with E-state index < -0.39 is 0 Å². The van der Waals surface area contributed by atoms with Crippen LogP contribution >= 0.6 is 0 Å². The first kappa shape index (κ1) is 14.2. The van der Waals surface area contributed by atoms with Gasteiger partial charge in [-0.1, -0.05) is 13.3 Å². The average Bonchev–Trinajstić information content (AvgIpc) is 2.33. The van der Waals surface area contributed by atoms with E-state index >= 15 is 0 Å². The maximum atomic E-state index is 11.1. The summed E-state index contributed by atoms with van der Waals surface area (Å²) in [6.07, 6.45) is 1.99. The molecule has 0 aromatic carbocycles. The minimum Gasteiger partial charge on any atom is -0.368 e. The SMILES string of the molecule is CCCCN(CC(N)=O)c1cc(NN)nc(C)n1. The quantitative estimate of drug-likeness (QED) is 0.471. The number of nitrogens with zero attached hydrogens (tertiary/aromatic N) is 3. The highest BCUT2D eigenvalue weighted by atomic mass is 16.1. The molecule has 0 aliphatic heterocycles. The van der Waals surface area contributed by atoms with Crippen molar-refractivity contribution in [3.63, 3.8) is 0 Å². The Morgan fingerprint density at radius 1 is 1.50 bits per heavy atom. The molecule has 0 spiro atoms. The van der Waals surface area contributed by atoms with Crippen LogP contribution < -0.4 is 21.9 Å². The summed E-state index contributed by atoms with van der Waals surface area (Å²) < 4.78 is 0. The van der Waals surface area contributed by atoms with Gasteiger partial charge in [0.1, 0.15) is 17.5 Å². The van der Waals surface area contributed by atoms with Gasteiger partial charge in [-0.25, -0.2) is 15.8 Å². The van der Waals surface area contributed by atoms with Crippen molar-refractivity contribution in [1.29, 1.82) is 0 Å². The van der Waals surface area contributed by atoms with Gasteiger partial charge in [0.05, 0.1) is 6.54 Å². The van der Waals surface area contributed by atoms with E-state index in [1.54, 1.807) is 13.0 Å². The number of hydrogen-bond acceptors (Lipinski definition) is 6. The summed E-state index contributed by atoms with van der Waals surface area (Å²) in [6, 6.07) is 1.70. The van der Waals surface area contributed by atoms with Gasteiger partial charge in [-0.2, -0.15) is 0 Å². The van der Waals surface area contributed by atoms with Crippen molar-refractivity contribution >= 4 is 17.5 Å². The summed E-state index contributed by atoms with van der Waals surface area (Å²) in [7, 11) is 0. The molecule has 1 aromatic rings. The number of carbonyl (C=O) groups is 1. The molecule has 0 unspecified atom stereocenters. The summed E-state index contributed by atoms with van der Waals surface area (Å²) in [5.74, 6) is 6.72. The van der Waals surface area contributed by atoms with Crippen LogP contribution in [-0.2, 0) is 4.79 Å². The fraction of sp³-hybridized carbons (Fsp3) is 0.545. The lowest BCUT2D eigenvalue weighted by Gasteiger charge is -2.22. The Labute approximate surface area is 107 Å². The number of rotatable bonds is 7. The van der Waals surface area contributed by atoms with Crippen LogP contribution in [0.15, 0.2) is 6.07 Å². The van der Waals surface area contributed by atoms with Crippen molar-refractivity contribution in [1.82, 2.24) is 9.97 Å². The second kappa shape index (κ2) is 6.75. The van der Waals surface area contributed by atoms with Crippen molar-refractivity contribution in [3.8, 4) is 0 Å². The first-order valence-corrected chi connectivity index (χ1v) is 5.92. The van der Waals surface area contributed by atoms with Gasteiger partial charge >= 0.3 is 0 Å². The molecule has 0 radical (unpaired) electrons. The van der Waals surface area contributed by atoms with E-state index in [-0.39, 0.29) is 12.5 Å². The van der Waals surface area contributed by atoms with Gasteiger partial charge in [0.15, 0.2) is 0 Å². The van der Waals surface area contributed by atoms with Crippen LogP contribution in [0.1, 0.15) is 25.6 Å². The normalized spacial score (nSPS) is 10.2. The number of carbonyl (C=O) groups excluding carboxylic acids is 1. The van der Waals surface area contributed by atoms with Crippen LogP contribution in [0.5, 0.6) is 0 Å². The molecule has 5 N–H and O–H groups in total. The smallest absolute Gasteiger partial charge is 0.236 e. The molecule has 7 heteroatoms. The summed E-state index contributed by atoms with van der Waals surface area (Å²) in [5, 5.41) is 0. The van der Waals surface area contributed by atoms with Gasteiger partial charge in [-0.3, -0.25) is 4.79 Å². The lowest BCUT2D eigenvalue weighted by atomic mass is 10.3. The van der Waals surface area contributed by atoms with Crippen LogP contribution in [0, 0.1) is 6.92 Å². The third kappa shape index (κ3) is 4.17. The van der Waals surface area contributed by atoms with E-state index in [0.717, 1.165) is 19.4 Å². The molecule has 0 saturated heterocycles. The van der Waals surface area contributed by atoms with Crippen molar-refractivity contribution < 1.29 is 4.79 Å². The number of amides is 1. The highest BCUT2D eigenvalue weighted by Crippen LogP contribution is 2.15. The fourth-order valence-electron chi connectivity index (χ4n) is 1.60. The van der Waals surface area contributed by atoms with Crippen LogP contribution in [0.2, 0.25) is 0 Å². The number of aromatic nitrogens is 2. The zero-order chi connectivity index (χ0) is 13.5. The van der Waals surface area contributed by atoms with E-state index in [9.17, 15) is 4.79 Å². The molecule has 0 aliphatic rings. The Kier molecular flexibility index (Phi) is 5.31. The van der Waals surface area contributed by atoms with Crippen LogP contribution in [-0.4, -0.2) is 29.0 Å². The minimum atomic E-state index is -0.385. The minimum absolute atomic E-state index is 0.139. The molecule has 0 bridgehead atoms. The molecule has 1 heterocycles. The lowest BCUT2D eigenvalue weighted by Crippen LogP contribution is -2.35. The van der Waals surface area contributed by atoms with E-state index in [2.05, 4.69) is 22.3 Å². The predicted octanol–water partition coefficient (Wildman–Crippen LogP) is 0.162. The molecule has 0 fully saturated rings. The molecular weight excluding hydrogens is 232 g/mol. The zero-order valence-corrected chi connectivity index (χ0v) is 10.8. The Morgan fingerprint density at radius 2 is 2.22 bits per heavy atom. The number of aryl methyl sites for hydroxylation is 1. The maximum absolute atomic E-state index is 11.1. The Bertz CT molecular complexity index is 409. The number of nitrogens with two attached hydrogens (primary N) is 2. The Balaban J connectivity index is 2.95. The maximum Gasteiger partial charge on any atom is 0.236 e. The van der Waals surface area contributed by atoms with Crippen molar-refractivity contribution in [3.05, 3.63) is 11.9 Å². The molecule has 0 atom stereocenters. The van der Waals surface area contributed by atoms with Gasteiger partial charge in [0.25, 0.3) is 0 Å². The van der Waals surface area contributed by atoms with E-state index in [1.807, 2.05) is 4.90 Å². The highest BCUT2D eigenvalue weighted by Gasteiger charge is 2.12. The van der Waals surface area contributed by atoms with Crippen molar-refractivity contribution in [2.45, 2.75) is 26.7 Å². The summed E-state index contributed by atoms with van der Waals surface area (Å²) in [5.41, 5.74) is 7.73. The number of anilines is 2. The monoisotopic (exact) mass is 252 g/mol. The molecule has 1 aromatic heterocycles. The fourth-order valence-corrected chi connectivity index (χ4v) is 1.60. The van der Waals surface area contributed by atoms with Crippen LogP contribution in [0.25, 0.3) is 0 Å². The van der Waals surface area contributed by atoms with Gasteiger partial charge in [0.2, 0.25) is 5.91 Å². The third-order valence-electron chi connectivity index (χ3n) is 2.42. The van der Waals surface area contributed by atoms with E-state index in [1.165, 1.54) is 0 Å². The summed E-state index contributed by atoms with van der Waals surface area (Å²) in [6.45, 7) is 4.72. The molecule has 7 nitrogen and oxygen atoms in total.